The van der Waals surface area contributed by atoms with Crippen molar-refractivity contribution in [2.24, 2.45) is 4.99 Å². The second kappa shape index (κ2) is 8.71. The standard InChI is InChI=1S/C20H27N3O3S2/c1-4-6-8-15-10-11-16-18(14-15)27-20(22(16)12-5-2)21-19(24)17-9-7-13-23(17)28(3,25)26/h5,10-11,14,17H,2,4,6-9,12-13H2,1,3H3. The predicted molar refractivity (Wildman–Crippen MR) is 114 cm³/mol. The summed E-state index contributed by atoms with van der Waals surface area (Å²) in [5.41, 5.74) is 2.29. The Kier molecular flexibility index (Phi) is 6.52. The number of rotatable bonds is 7. The summed E-state index contributed by atoms with van der Waals surface area (Å²) in [6, 6.07) is 5.66. The fourth-order valence-corrected chi connectivity index (χ4v) is 5.82. The molecule has 1 saturated heterocycles. The van der Waals surface area contributed by atoms with Gasteiger partial charge in [0.2, 0.25) is 10.0 Å². The Labute approximate surface area is 170 Å². The van der Waals surface area contributed by atoms with Gasteiger partial charge in [0.05, 0.1) is 16.5 Å². The number of hydrogen-bond acceptors (Lipinski definition) is 4. The highest BCUT2D eigenvalue weighted by atomic mass is 32.2. The molecule has 1 atom stereocenters. The minimum Gasteiger partial charge on any atom is -0.313 e. The third kappa shape index (κ3) is 4.45. The lowest BCUT2D eigenvalue weighted by Crippen LogP contribution is -2.39. The molecule has 1 unspecified atom stereocenters. The van der Waals surface area contributed by atoms with Crippen LogP contribution in [0.5, 0.6) is 0 Å². The summed E-state index contributed by atoms with van der Waals surface area (Å²) in [4.78, 5) is 17.7. The van der Waals surface area contributed by atoms with Gasteiger partial charge in [0.25, 0.3) is 5.91 Å². The Balaban J connectivity index is 2.01. The van der Waals surface area contributed by atoms with E-state index >= 15 is 0 Å². The van der Waals surface area contributed by atoms with Crippen molar-refractivity contribution in [3.63, 3.8) is 0 Å². The molecule has 1 fully saturated rings. The number of fused-ring (bicyclic) bond motifs is 1. The third-order valence-corrected chi connectivity index (χ3v) is 7.33. The quantitative estimate of drug-likeness (QED) is 0.645. The minimum atomic E-state index is -3.42. The van der Waals surface area contributed by atoms with Gasteiger partial charge < -0.3 is 4.57 Å². The largest absolute Gasteiger partial charge is 0.313 e. The molecule has 1 aliphatic rings. The van der Waals surface area contributed by atoms with Gasteiger partial charge in [0.1, 0.15) is 6.04 Å². The number of aryl methyl sites for hydroxylation is 1. The lowest BCUT2D eigenvalue weighted by Gasteiger charge is -2.18. The second-order valence-corrected chi connectivity index (χ2v) is 10.1. The zero-order valence-corrected chi connectivity index (χ0v) is 18.1. The van der Waals surface area contributed by atoms with Crippen LogP contribution in [0.2, 0.25) is 0 Å². The van der Waals surface area contributed by atoms with E-state index in [0.717, 1.165) is 35.7 Å². The number of unbranched alkanes of at least 4 members (excludes halogenated alkanes) is 1. The monoisotopic (exact) mass is 421 g/mol. The van der Waals surface area contributed by atoms with Gasteiger partial charge in [-0.2, -0.15) is 9.30 Å². The van der Waals surface area contributed by atoms with Crippen molar-refractivity contribution in [3.05, 3.63) is 41.2 Å². The van der Waals surface area contributed by atoms with Gasteiger partial charge in [-0.25, -0.2) is 8.42 Å². The molecule has 1 aliphatic heterocycles. The molecule has 3 rings (SSSR count). The Morgan fingerprint density at radius 1 is 1.43 bits per heavy atom. The molecule has 0 spiro atoms. The van der Waals surface area contributed by atoms with Gasteiger partial charge in [-0.3, -0.25) is 4.79 Å². The molecule has 2 heterocycles. The van der Waals surface area contributed by atoms with E-state index < -0.39 is 22.0 Å². The lowest BCUT2D eigenvalue weighted by molar-refractivity contribution is -0.121. The van der Waals surface area contributed by atoms with Crippen molar-refractivity contribution in [1.82, 2.24) is 8.87 Å². The molecule has 1 amide bonds. The number of sulfonamides is 1. The smallest absolute Gasteiger partial charge is 0.266 e. The molecule has 0 radical (unpaired) electrons. The number of carbonyl (C=O) groups is 1. The van der Waals surface area contributed by atoms with E-state index in [9.17, 15) is 13.2 Å². The van der Waals surface area contributed by atoms with E-state index in [-0.39, 0.29) is 0 Å². The lowest BCUT2D eigenvalue weighted by atomic mass is 10.1. The van der Waals surface area contributed by atoms with Gasteiger partial charge >= 0.3 is 0 Å². The molecule has 28 heavy (non-hydrogen) atoms. The van der Waals surface area contributed by atoms with E-state index in [4.69, 9.17) is 0 Å². The van der Waals surface area contributed by atoms with Crippen LogP contribution in [0.3, 0.4) is 0 Å². The minimum absolute atomic E-state index is 0.380. The number of amides is 1. The SMILES string of the molecule is C=CCn1c(=NC(=O)C2CCCN2S(C)(=O)=O)sc2cc(CCCC)ccc21. The summed E-state index contributed by atoms with van der Waals surface area (Å²) in [6.07, 6.45) is 7.44. The van der Waals surface area contributed by atoms with Gasteiger partial charge in [-0.15, -0.1) is 6.58 Å². The van der Waals surface area contributed by atoms with Crippen LogP contribution >= 0.6 is 11.3 Å². The highest BCUT2D eigenvalue weighted by Crippen LogP contribution is 2.23. The second-order valence-electron chi connectivity index (χ2n) is 7.17. The topological polar surface area (TPSA) is 71.7 Å². The first-order chi connectivity index (χ1) is 13.3. The summed E-state index contributed by atoms with van der Waals surface area (Å²) in [6.45, 7) is 6.91. The Morgan fingerprint density at radius 2 is 2.21 bits per heavy atom. The first kappa shape index (κ1) is 21.0. The maximum Gasteiger partial charge on any atom is 0.266 e. The first-order valence-electron chi connectivity index (χ1n) is 9.63. The Morgan fingerprint density at radius 3 is 2.89 bits per heavy atom. The summed E-state index contributed by atoms with van der Waals surface area (Å²) in [5, 5.41) is 0. The van der Waals surface area contributed by atoms with E-state index in [1.54, 1.807) is 6.08 Å². The molecule has 0 saturated carbocycles. The Hall–Kier alpha value is -1.77. The summed E-state index contributed by atoms with van der Waals surface area (Å²) in [5.74, 6) is -0.390. The van der Waals surface area contributed by atoms with Crippen LogP contribution in [0.25, 0.3) is 10.2 Å². The summed E-state index contributed by atoms with van der Waals surface area (Å²) in [7, 11) is -3.42. The molecular formula is C20H27N3O3S2. The van der Waals surface area contributed by atoms with Crippen molar-refractivity contribution >= 4 is 37.5 Å². The first-order valence-corrected chi connectivity index (χ1v) is 12.3. The molecule has 2 aromatic rings. The molecule has 1 aromatic heterocycles. The van der Waals surface area contributed by atoms with Gasteiger partial charge in [-0.05, 0) is 43.4 Å². The van der Waals surface area contributed by atoms with Crippen molar-refractivity contribution in [1.29, 1.82) is 0 Å². The van der Waals surface area contributed by atoms with E-state index in [1.807, 2.05) is 4.57 Å². The van der Waals surface area contributed by atoms with Crippen LogP contribution in [0, 0.1) is 0 Å². The van der Waals surface area contributed by atoms with E-state index in [2.05, 4.69) is 36.7 Å². The number of carbonyl (C=O) groups excluding carboxylic acids is 1. The van der Waals surface area contributed by atoms with Crippen molar-refractivity contribution in [2.75, 3.05) is 12.8 Å². The number of nitrogens with zero attached hydrogens (tertiary/aromatic N) is 3. The third-order valence-electron chi connectivity index (χ3n) is 5.00. The molecule has 1 aromatic carbocycles. The van der Waals surface area contributed by atoms with Crippen LogP contribution in [-0.2, 0) is 27.8 Å². The van der Waals surface area contributed by atoms with Crippen molar-refractivity contribution in [3.8, 4) is 0 Å². The maximum atomic E-state index is 12.8. The molecule has 0 bridgehead atoms. The predicted octanol–water partition coefficient (Wildman–Crippen LogP) is 3.08. The van der Waals surface area contributed by atoms with Crippen molar-refractivity contribution < 1.29 is 13.2 Å². The summed E-state index contributed by atoms with van der Waals surface area (Å²) >= 11 is 1.47. The number of thiazole rings is 1. The van der Waals surface area contributed by atoms with E-state index in [1.165, 1.54) is 21.2 Å². The normalized spacial score (nSPS) is 18.8. The van der Waals surface area contributed by atoms with Crippen molar-refractivity contribution in [2.45, 2.75) is 51.6 Å². The Bertz CT molecular complexity index is 1050. The average molecular weight is 422 g/mol. The van der Waals surface area contributed by atoms with Crippen LogP contribution < -0.4 is 4.80 Å². The number of hydrogen-bond donors (Lipinski definition) is 0. The van der Waals surface area contributed by atoms with Gasteiger partial charge in [0, 0.05) is 13.1 Å². The van der Waals surface area contributed by atoms with Crippen LogP contribution in [0.15, 0.2) is 35.8 Å². The molecule has 0 N–H and O–H groups in total. The van der Waals surface area contributed by atoms with Crippen LogP contribution in [0.1, 0.15) is 38.2 Å². The van der Waals surface area contributed by atoms with E-state index in [0.29, 0.717) is 30.7 Å². The number of aromatic nitrogens is 1. The molecule has 152 valence electrons. The fourth-order valence-electron chi connectivity index (χ4n) is 3.60. The zero-order chi connectivity index (χ0) is 20.3. The molecular weight excluding hydrogens is 394 g/mol. The van der Waals surface area contributed by atoms with Gasteiger partial charge in [0.15, 0.2) is 4.80 Å². The number of benzene rings is 1. The number of allylic oxidation sites excluding steroid dienone is 1. The van der Waals surface area contributed by atoms with Crippen LogP contribution in [0.4, 0.5) is 0 Å². The van der Waals surface area contributed by atoms with Gasteiger partial charge in [-0.1, -0.05) is 36.8 Å². The average Bonchev–Trinajstić information content (AvgIpc) is 3.25. The summed E-state index contributed by atoms with van der Waals surface area (Å²) < 4.78 is 28.2. The molecule has 0 aliphatic carbocycles. The maximum absolute atomic E-state index is 12.8. The highest BCUT2D eigenvalue weighted by Gasteiger charge is 2.36. The highest BCUT2D eigenvalue weighted by molar-refractivity contribution is 7.88. The van der Waals surface area contributed by atoms with Crippen LogP contribution in [-0.4, -0.2) is 42.0 Å². The molecule has 8 heteroatoms. The fraction of sp³-hybridized carbons (Fsp3) is 0.500. The molecule has 6 nitrogen and oxygen atoms in total. The zero-order valence-electron chi connectivity index (χ0n) is 16.4.